The van der Waals surface area contributed by atoms with Gasteiger partial charge in [-0.1, -0.05) is 32.9 Å². The fourth-order valence-electron chi connectivity index (χ4n) is 1.75. The highest BCUT2D eigenvalue weighted by molar-refractivity contribution is 5.21. The number of aliphatic hydroxyl groups is 1. The molecule has 0 unspecified atom stereocenters. The SMILES string of the molecule is CC(C)[C@@H](C)[C@H](CO)c1ccc(F)cc1. The van der Waals surface area contributed by atoms with Gasteiger partial charge in [-0.05, 0) is 29.5 Å². The second kappa shape index (κ2) is 5.26. The normalized spacial score (nSPS) is 15.3. The van der Waals surface area contributed by atoms with Crippen LogP contribution >= 0.6 is 0 Å². The third-order valence-electron chi connectivity index (χ3n) is 3.18. The van der Waals surface area contributed by atoms with Crippen molar-refractivity contribution in [1.82, 2.24) is 0 Å². The molecule has 0 saturated carbocycles. The van der Waals surface area contributed by atoms with Crippen LogP contribution in [0.2, 0.25) is 0 Å². The van der Waals surface area contributed by atoms with E-state index in [0.717, 1.165) is 5.56 Å². The quantitative estimate of drug-likeness (QED) is 0.809. The van der Waals surface area contributed by atoms with Gasteiger partial charge in [0, 0.05) is 5.92 Å². The Balaban J connectivity index is 2.87. The number of halogens is 1. The second-order valence-corrected chi connectivity index (χ2v) is 4.44. The smallest absolute Gasteiger partial charge is 0.123 e. The molecule has 0 aliphatic rings. The van der Waals surface area contributed by atoms with Crippen LogP contribution in [0.4, 0.5) is 4.39 Å². The van der Waals surface area contributed by atoms with Crippen molar-refractivity contribution in [2.45, 2.75) is 26.7 Å². The van der Waals surface area contributed by atoms with E-state index in [1.165, 1.54) is 12.1 Å². The largest absolute Gasteiger partial charge is 0.396 e. The summed E-state index contributed by atoms with van der Waals surface area (Å²) in [7, 11) is 0. The zero-order valence-electron chi connectivity index (χ0n) is 9.57. The van der Waals surface area contributed by atoms with Gasteiger partial charge in [0.2, 0.25) is 0 Å². The van der Waals surface area contributed by atoms with E-state index in [2.05, 4.69) is 20.8 Å². The van der Waals surface area contributed by atoms with Gasteiger partial charge in [-0.25, -0.2) is 4.39 Å². The minimum Gasteiger partial charge on any atom is -0.396 e. The van der Waals surface area contributed by atoms with Crippen molar-refractivity contribution in [2.75, 3.05) is 6.61 Å². The lowest BCUT2D eigenvalue weighted by atomic mass is 9.81. The Labute approximate surface area is 90.9 Å². The highest BCUT2D eigenvalue weighted by Crippen LogP contribution is 2.29. The van der Waals surface area contributed by atoms with Crippen molar-refractivity contribution in [3.05, 3.63) is 35.6 Å². The number of hydrogen-bond acceptors (Lipinski definition) is 1. The van der Waals surface area contributed by atoms with Gasteiger partial charge in [0.15, 0.2) is 0 Å². The molecular formula is C13H19FO. The van der Waals surface area contributed by atoms with Crippen LogP contribution in [0.15, 0.2) is 24.3 Å². The molecule has 0 heterocycles. The van der Waals surface area contributed by atoms with Crippen LogP contribution in [0, 0.1) is 17.7 Å². The van der Waals surface area contributed by atoms with E-state index in [4.69, 9.17) is 0 Å². The lowest BCUT2D eigenvalue weighted by molar-refractivity contribution is 0.207. The van der Waals surface area contributed by atoms with Crippen molar-refractivity contribution in [1.29, 1.82) is 0 Å². The molecule has 0 spiro atoms. The van der Waals surface area contributed by atoms with Crippen molar-refractivity contribution in [2.24, 2.45) is 11.8 Å². The van der Waals surface area contributed by atoms with Gasteiger partial charge in [0.05, 0.1) is 6.61 Å². The first-order chi connectivity index (χ1) is 7.06. The first-order valence-electron chi connectivity index (χ1n) is 5.42. The lowest BCUT2D eigenvalue weighted by Crippen LogP contribution is -2.18. The predicted octanol–water partition coefficient (Wildman–Crippen LogP) is 3.19. The fraction of sp³-hybridized carbons (Fsp3) is 0.538. The van der Waals surface area contributed by atoms with Gasteiger partial charge in [-0.15, -0.1) is 0 Å². The number of aliphatic hydroxyl groups excluding tert-OH is 1. The summed E-state index contributed by atoms with van der Waals surface area (Å²) in [6, 6.07) is 6.42. The molecule has 0 amide bonds. The molecule has 0 aromatic heterocycles. The molecule has 1 rings (SSSR count). The molecule has 0 aliphatic heterocycles. The maximum absolute atomic E-state index is 12.8. The van der Waals surface area contributed by atoms with Crippen LogP contribution < -0.4 is 0 Å². The molecule has 0 saturated heterocycles. The lowest BCUT2D eigenvalue weighted by Gasteiger charge is -2.25. The van der Waals surface area contributed by atoms with Crippen LogP contribution in [-0.2, 0) is 0 Å². The van der Waals surface area contributed by atoms with Crippen molar-refractivity contribution >= 4 is 0 Å². The Morgan fingerprint density at radius 1 is 1.13 bits per heavy atom. The van der Waals surface area contributed by atoms with Gasteiger partial charge >= 0.3 is 0 Å². The summed E-state index contributed by atoms with van der Waals surface area (Å²) in [6.07, 6.45) is 0. The predicted molar refractivity (Wildman–Crippen MR) is 60.2 cm³/mol. The molecule has 1 N–H and O–H groups in total. The van der Waals surface area contributed by atoms with Crippen molar-refractivity contribution in [3.8, 4) is 0 Å². The summed E-state index contributed by atoms with van der Waals surface area (Å²) in [5, 5.41) is 9.37. The summed E-state index contributed by atoms with van der Waals surface area (Å²) in [5.41, 5.74) is 1.01. The molecule has 0 radical (unpaired) electrons. The highest BCUT2D eigenvalue weighted by atomic mass is 19.1. The highest BCUT2D eigenvalue weighted by Gasteiger charge is 2.21. The summed E-state index contributed by atoms with van der Waals surface area (Å²) >= 11 is 0. The van der Waals surface area contributed by atoms with Crippen molar-refractivity contribution < 1.29 is 9.50 Å². The fourth-order valence-corrected chi connectivity index (χ4v) is 1.75. The molecule has 0 bridgehead atoms. The van der Waals surface area contributed by atoms with E-state index in [-0.39, 0.29) is 18.3 Å². The summed E-state index contributed by atoms with van der Waals surface area (Å²) in [5.74, 6) is 0.769. The van der Waals surface area contributed by atoms with Gasteiger partial charge < -0.3 is 5.11 Å². The summed E-state index contributed by atoms with van der Waals surface area (Å²) < 4.78 is 12.8. The minimum atomic E-state index is -0.229. The van der Waals surface area contributed by atoms with E-state index >= 15 is 0 Å². The monoisotopic (exact) mass is 210 g/mol. The first-order valence-corrected chi connectivity index (χ1v) is 5.42. The molecular weight excluding hydrogens is 191 g/mol. The molecule has 0 aliphatic carbocycles. The van der Waals surface area contributed by atoms with E-state index in [9.17, 15) is 9.50 Å². The molecule has 2 heteroatoms. The van der Waals surface area contributed by atoms with Crippen LogP contribution in [0.5, 0.6) is 0 Å². The van der Waals surface area contributed by atoms with E-state index in [0.29, 0.717) is 11.8 Å². The first kappa shape index (κ1) is 12.2. The molecule has 1 aromatic carbocycles. The molecule has 15 heavy (non-hydrogen) atoms. The Hall–Kier alpha value is -0.890. The average molecular weight is 210 g/mol. The van der Waals surface area contributed by atoms with Gasteiger partial charge in [0.1, 0.15) is 5.82 Å². The van der Waals surface area contributed by atoms with Crippen LogP contribution in [0.1, 0.15) is 32.3 Å². The minimum absolute atomic E-state index is 0.102. The second-order valence-electron chi connectivity index (χ2n) is 4.44. The molecule has 1 nitrogen and oxygen atoms in total. The third-order valence-corrected chi connectivity index (χ3v) is 3.18. The molecule has 2 atom stereocenters. The van der Waals surface area contributed by atoms with Gasteiger partial charge in [-0.3, -0.25) is 0 Å². The van der Waals surface area contributed by atoms with Gasteiger partial charge in [-0.2, -0.15) is 0 Å². The zero-order chi connectivity index (χ0) is 11.4. The molecule has 84 valence electrons. The summed E-state index contributed by atoms with van der Waals surface area (Å²) in [6.45, 7) is 6.51. The number of benzene rings is 1. The maximum Gasteiger partial charge on any atom is 0.123 e. The maximum atomic E-state index is 12.8. The van der Waals surface area contributed by atoms with E-state index in [1.54, 1.807) is 12.1 Å². The zero-order valence-corrected chi connectivity index (χ0v) is 9.57. The van der Waals surface area contributed by atoms with E-state index < -0.39 is 0 Å². The van der Waals surface area contributed by atoms with Crippen LogP contribution in [0.3, 0.4) is 0 Å². The topological polar surface area (TPSA) is 20.2 Å². The van der Waals surface area contributed by atoms with Crippen molar-refractivity contribution in [3.63, 3.8) is 0 Å². The van der Waals surface area contributed by atoms with Crippen LogP contribution in [-0.4, -0.2) is 11.7 Å². The van der Waals surface area contributed by atoms with Crippen LogP contribution in [0.25, 0.3) is 0 Å². The standard InChI is InChI=1S/C13H19FO/c1-9(2)10(3)13(8-15)11-4-6-12(14)7-5-11/h4-7,9-10,13,15H,8H2,1-3H3/t10-,13+/m1/s1. The third kappa shape index (κ3) is 3.03. The Morgan fingerprint density at radius 2 is 1.67 bits per heavy atom. The Bertz CT molecular complexity index is 292. The Kier molecular flexibility index (Phi) is 4.28. The number of hydrogen-bond donors (Lipinski definition) is 1. The summed E-state index contributed by atoms with van der Waals surface area (Å²) in [4.78, 5) is 0. The molecule has 0 fully saturated rings. The number of rotatable bonds is 4. The Morgan fingerprint density at radius 3 is 2.07 bits per heavy atom. The van der Waals surface area contributed by atoms with Gasteiger partial charge in [0.25, 0.3) is 0 Å². The average Bonchev–Trinajstić information content (AvgIpc) is 2.21. The van der Waals surface area contributed by atoms with E-state index in [1.807, 2.05) is 0 Å². The molecule has 1 aromatic rings.